The van der Waals surface area contributed by atoms with E-state index in [1.807, 2.05) is 41.5 Å². The van der Waals surface area contributed by atoms with Crippen LogP contribution in [0.5, 0.6) is 0 Å². The summed E-state index contributed by atoms with van der Waals surface area (Å²) in [6.07, 6.45) is -28.7. The summed E-state index contributed by atoms with van der Waals surface area (Å²) >= 11 is 0. The second-order valence-electron chi connectivity index (χ2n) is 35.7. The predicted octanol–water partition coefficient (Wildman–Crippen LogP) is 37.6. The van der Waals surface area contributed by atoms with E-state index in [2.05, 4.69) is 62.3 Å². The van der Waals surface area contributed by atoms with Gasteiger partial charge in [0.05, 0.1) is 48.4 Å². The van der Waals surface area contributed by atoms with Gasteiger partial charge in [0.15, 0.2) is 5.41 Å². The van der Waals surface area contributed by atoms with E-state index in [1.165, 1.54) is 81.6 Å². The Balaban J connectivity index is -0.000000134. The third-order valence-electron chi connectivity index (χ3n) is 21.8. The van der Waals surface area contributed by atoms with Crippen LogP contribution in [0, 0.1) is 122 Å². The lowest BCUT2D eigenvalue weighted by atomic mass is 9.86. The third-order valence-corrected chi connectivity index (χ3v) is 21.8. The summed E-state index contributed by atoms with van der Waals surface area (Å²) < 4.78 is 384. The summed E-state index contributed by atoms with van der Waals surface area (Å²) in [5, 5.41) is 0. The van der Waals surface area contributed by atoms with Crippen molar-refractivity contribution in [1.29, 1.82) is 0 Å². The minimum Gasteiger partial charge on any atom is -0.251 e. The molecule has 0 bridgehead atoms. The summed E-state index contributed by atoms with van der Waals surface area (Å²) in [6, 6.07) is 0. The maximum absolute atomic E-state index is 12.6. The van der Waals surface area contributed by atoms with Gasteiger partial charge in [0.1, 0.15) is 0 Å². The molecule has 117 heavy (non-hydrogen) atoms. The molecule has 0 aromatic rings. The first kappa shape index (κ1) is 135. The molecule has 0 spiro atoms. The Bertz CT molecular complexity index is 2190. The Morgan fingerprint density at radius 3 is 0.769 bits per heavy atom. The Morgan fingerprint density at radius 2 is 0.692 bits per heavy atom. The van der Waals surface area contributed by atoms with E-state index >= 15 is 0 Å². The van der Waals surface area contributed by atoms with Crippen molar-refractivity contribution in [3.8, 4) is 0 Å². The second-order valence-corrected chi connectivity index (χ2v) is 35.7. The van der Waals surface area contributed by atoms with Gasteiger partial charge in [-0.05, 0) is 142 Å². The third kappa shape index (κ3) is 66.0. The van der Waals surface area contributed by atoms with Gasteiger partial charge < -0.3 is 0 Å². The van der Waals surface area contributed by atoms with Crippen molar-refractivity contribution in [2.24, 2.45) is 122 Å². The highest BCUT2D eigenvalue weighted by molar-refractivity contribution is 4.97. The topological polar surface area (TPSA) is 0 Å². The Hall–Kier alpha value is -2.24. The van der Waals surface area contributed by atoms with Crippen molar-refractivity contribution in [2.75, 3.05) is 13.3 Å². The fraction of sp³-hybridized carbons (Fsp3) is 1.00. The van der Waals surface area contributed by atoms with E-state index in [4.69, 9.17) is 0 Å². The van der Waals surface area contributed by atoms with Gasteiger partial charge in [-0.25, -0.2) is 26.3 Å². The standard InChI is InChI=1S/C10H14F6.2C8H13F3.C7H16.C6H8F6.2C6H11F3.2C6H12F2.C6H13F.C6H14.C5H10F2.C5H11F/c1-4-5(2)8(10(14,15)16)6(3)7(4)9(11,12)13;1-5-3-6(2)7(4-5)8(9,10)11;1-5-3-4-7(6(5)2)8(9,10)11;1-5-6-7(2,3)4;1-3-4(2,5(7,8)9)6(10,11)12;1-4-5(2,3)6(7,8)9;1-3-4-5(2)6(7,8)9;1-4-6(7,8)5(2)3;1-3-4-5(2)6(7)8;1-3-4-6(2)5-7;1-5-6(2,3)4;1-3-4(2)5(6)7;1-3-5(2)4-6/h4-8H,1-3H3;2*5-7H,3-4H2,1-2H3;5-6H2,1-4H3;3H2,1-2H3;4H2,1-3H3;5H,3-4H2,1-2H3;5H,4H2,1-3H3;5-6H,3-4H2,1-2H3;6H,3-5H2,1-2H3;5H2,1-4H3;4-5H,3H2,1-2H3;5H,3-4H2,1-2H3/t4-,5?,6?,7?,8?;5-,6?,7?;5?,6-,7?;;;;;;;;;;/m101........../s1. The van der Waals surface area contributed by atoms with Crippen molar-refractivity contribution in [1.82, 2.24) is 0 Å². The number of hydrogen-bond donors (Lipinski definition) is 0. The lowest BCUT2D eigenvalue weighted by molar-refractivity contribution is -0.335. The molecule has 722 valence electrons. The van der Waals surface area contributed by atoms with E-state index in [0.29, 0.717) is 42.9 Å². The second kappa shape index (κ2) is 62.0. The van der Waals surface area contributed by atoms with Gasteiger partial charge >= 0.3 is 49.4 Å². The van der Waals surface area contributed by atoms with Crippen LogP contribution in [0.25, 0.3) is 0 Å². The van der Waals surface area contributed by atoms with Crippen LogP contribution in [0.3, 0.4) is 0 Å². The molecule has 0 nitrogen and oxygen atoms in total. The Kier molecular flexibility index (Phi) is 71.7. The van der Waals surface area contributed by atoms with Crippen LogP contribution < -0.4 is 0 Å². The van der Waals surface area contributed by atoms with Gasteiger partial charge in [-0.3, -0.25) is 8.78 Å². The molecule has 3 aliphatic carbocycles. The molecule has 16 atom stereocenters. The van der Waals surface area contributed by atoms with E-state index in [9.17, 15) is 140 Å². The van der Waals surface area contributed by atoms with Gasteiger partial charge in [0.25, 0.3) is 0 Å². The molecule has 32 heteroatoms. The first-order chi connectivity index (χ1) is 51.8. The van der Waals surface area contributed by atoms with E-state index in [1.54, 1.807) is 41.5 Å². The number of hydrogen-bond acceptors (Lipinski definition) is 0. The lowest BCUT2D eigenvalue weighted by Gasteiger charge is -2.32. The fourth-order valence-corrected chi connectivity index (χ4v) is 10.8. The molecule has 3 saturated carbocycles. The highest BCUT2D eigenvalue weighted by Crippen LogP contribution is 2.57. The van der Waals surface area contributed by atoms with Crippen molar-refractivity contribution in [3.05, 3.63) is 0 Å². The largest absolute Gasteiger partial charge is 0.402 e. The molecule has 13 unspecified atom stereocenters. The zero-order valence-corrected chi connectivity index (χ0v) is 76.7. The van der Waals surface area contributed by atoms with Crippen LogP contribution in [0.4, 0.5) is 140 Å². The number of rotatable bonds is 17. The maximum atomic E-state index is 12.6. The summed E-state index contributed by atoms with van der Waals surface area (Å²) in [6.45, 7) is 55.6. The molecule has 0 aliphatic heterocycles. The fourth-order valence-electron chi connectivity index (χ4n) is 10.8. The monoisotopic (exact) mass is 1790 g/mol. The molecule has 0 N–H and O–H groups in total. The first-order valence-corrected chi connectivity index (χ1v) is 41.4. The average molecular weight is 1790 g/mol. The van der Waals surface area contributed by atoms with Gasteiger partial charge in [-0.2, -0.15) is 105 Å². The van der Waals surface area contributed by atoms with Crippen molar-refractivity contribution >= 4 is 0 Å². The summed E-state index contributed by atoms with van der Waals surface area (Å²) in [4.78, 5) is 0. The van der Waals surface area contributed by atoms with Gasteiger partial charge in [0, 0.05) is 24.2 Å². The maximum Gasteiger partial charge on any atom is 0.402 e. The highest BCUT2D eigenvalue weighted by Gasteiger charge is 2.66. The number of halogens is 32. The van der Waals surface area contributed by atoms with Crippen LogP contribution in [-0.4, -0.2) is 81.5 Å². The molecule has 3 rings (SSSR count). The van der Waals surface area contributed by atoms with Gasteiger partial charge in [-0.15, -0.1) is 0 Å². The van der Waals surface area contributed by atoms with E-state index < -0.39 is 151 Å². The molecule has 0 heterocycles. The van der Waals surface area contributed by atoms with Crippen LogP contribution in [-0.2, 0) is 0 Å². The molecule has 0 aromatic carbocycles. The summed E-state index contributed by atoms with van der Waals surface area (Å²) in [5.74, 6) is -13.4. The van der Waals surface area contributed by atoms with Gasteiger partial charge in [0.2, 0.25) is 18.8 Å². The highest BCUT2D eigenvalue weighted by atomic mass is 19.4. The predicted molar refractivity (Wildman–Crippen MR) is 417 cm³/mol. The van der Waals surface area contributed by atoms with Crippen LogP contribution in [0.1, 0.15) is 344 Å². The Labute approximate surface area is 686 Å². The minimum atomic E-state index is -5.24. The quantitative estimate of drug-likeness (QED) is 0.127. The van der Waals surface area contributed by atoms with Gasteiger partial charge in [-0.1, -0.05) is 260 Å². The van der Waals surface area contributed by atoms with Crippen LogP contribution >= 0.6 is 0 Å². The smallest absolute Gasteiger partial charge is 0.251 e. The molecule has 3 aliphatic rings. The molecule has 0 radical (unpaired) electrons. The van der Waals surface area contributed by atoms with E-state index in [0.717, 1.165) is 52.4 Å². The van der Waals surface area contributed by atoms with Crippen molar-refractivity contribution < 1.29 is 140 Å². The Morgan fingerprint density at radius 1 is 0.333 bits per heavy atom. The minimum absolute atomic E-state index is 0.0509. The van der Waals surface area contributed by atoms with E-state index in [-0.39, 0.29) is 75.0 Å². The van der Waals surface area contributed by atoms with Crippen LogP contribution in [0.15, 0.2) is 0 Å². The zero-order valence-electron chi connectivity index (χ0n) is 76.7. The normalized spacial score (nSPS) is 22.6. The van der Waals surface area contributed by atoms with Crippen LogP contribution in [0.2, 0.25) is 0 Å². The summed E-state index contributed by atoms with van der Waals surface area (Å²) in [5.41, 5.74) is -4.01. The zero-order chi connectivity index (χ0) is 96.6. The molecule has 0 amide bonds. The molecular weight excluding hydrogens is 1630 g/mol. The molecular formula is C85H158F32. The number of alkyl halides is 32. The molecule has 0 aromatic heterocycles. The lowest BCUT2D eigenvalue weighted by Crippen LogP contribution is -2.47. The average Bonchev–Trinajstić information content (AvgIpc) is 1.68. The SMILES string of the molecule is CC1C(C(F)(F)F)C(C)[C@@H](C)C1C(F)(F)F.CC1CCC(C(F)(F)F)[C@@H]1C.CC1C[C@H](C)CC1C(F)(F)F.CCC(C)(C(F)(F)F)C(F)(F)F.CCC(C)(C)C.CCC(C)(C)C(F)(F)F.CCC(C)C(F)F.CCC(C)CF.CCC(F)(F)C(C)C.CCCC(C)(C)C.CCCC(C)C(F)(F)F.CCCC(C)C(F)F.CCCC(C)CF. The van der Waals surface area contributed by atoms with Crippen molar-refractivity contribution in [2.45, 2.75) is 412 Å². The summed E-state index contributed by atoms with van der Waals surface area (Å²) in [7, 11) is 0. The molecule has 0 saturated heterocycles. The first-order valence-electron chi connectivity index (χ1n) is 41.4. The van der Waals surface area contributed by atoms with Crippen molar-refractivity contribution in [3.63, 3.8) is 0 Å². The molecule has 3 fully saturated rings.